The van der Waals surface area contributed by atoms with Gasteiger partial charge in [-0.1, -0.05) is 12.8 Å². The van der Waals surface area contributed by atoms with E-state index in [9.17, 15) is 4.39 Å². The number of anilines is 1. The number of hydrogen-bond acceptors (Lipinski definition) is 3. The van der Waals surface area contributed by atoms with Crippen LogP contribution in [0.2, 0.25) is 0 Å². The molecule has 1 aliphatic carbocycles. The van der Waals surface area contributed by atoms with E-state index in [4.69, 9.17) is 5.73 Å². The summed E-state index contributed by atoms with van der Waals surface area (Å²) >= 11 is 0. The van der Waals surface area contributed by atoms with Crippen LogP contribution in [0.3, 0.4) is 0 Å². The van der Waals surface area contributed by atoms with Gasteiger partial charge in [-0.25, -0.2) is 9.97 Å². The Hall–Kier alpha value is -1.65. The molecule has 0 atom stereocenters. The van der Waals surface area contributed by atoms with Crippen LogP contribution >= 0.6 is 0 Å². The summed E-state index contributed by atoms with van der Waals surface area (Å²) in [4.78, 5) is 7.79. The van der Waals surface area contributed by atoms with Crippen molar-refractivity contribution in [3.63, 3.8) is 0 Å². The summed E-state index contributed by atoms with van der Waals surface area (Å²) in [7, 11) is 0. The fourth-order valence-electron chi connectivity index (χ4n) is 2.50. The van der Waals surface area contributed by atoms with Gasteiger partial charge in [0.2, 0.25) is 5.95 Å². The van der Waals surface area contributed by atoms with Gasteiger partial charge in [-0.3, -0.25) is 0 Å². The lowest BCUT2D eigenvalue weighted by molar-refractivity contribution is 0.529. The molecule has 2 aromatic rings. The molecule has 84 valence electrons. The van der Waals surface area contributed by atoms with E-state index in [0.29, 0.717) is 11.6 Å². The number of nitrogens with zero attached hydrogens (tertiary/aromatic N) is 3. The molecule has 1 aliphatic rings. The normalized spacial score (nSPS) is 17.3. The average molecular weight is 220 g/mol. The standard InChI is InChI=1S/C11H13FN4/c12-9-5-8-10(11(13)15-9)14-6-16(8)7-3-1-2-4-7/h5-7H,1-4H2,(H2,13,15). The van der Waals surface area contributed by atoms with E-state index in [1.807, 2.05) is 4.57 Å². The van der Waals surface area contributed by atoms with Crippen molar-refractivity contribution < 1.29 is 4.39 Å². The van der Waals surface area contributed by atoms with Crippen molar-refractivity contribution in [3.8, 4) is 0 Å². The lowest BCUT2D eigenvalue weighted by Gasteiger charge is -2.11. The summed E-state index contributed by atoms with van der Waals surface area (Å²) in [5.74, 6) is -0.364. The zero-order valence-corrected chi connectivity index (χ0v) is 8.86. The van der Waals surface area contributed by atoms with Crippen LogP contribution in [0.15, 0.2) is 12.4 Å². The number of pyridine rings is 1. The van der Waals surface area contributed by atoms with Crippen molar-refractivity contribution >= 4 is 16.9 Å². The molecule has 0 bridgehead atoms. The monoisotopic (exact) mass is 220 g/mol. The van der Waals surface area contributed by atoms with Crippen molar-refractivity contribution in [3.05, 3.63) is 18.3 Å². The molecule has 0 aliphatic heterocycles. The van der Waals surface area contributed by atoms with Crippen molar-refractivity contribution in [2.75, 3.05) is 5.73 Å². The van der Waals surface area contributed by atoms with E-state index < -0.39 is 5.95 Å². The van der Waals surface area contributed by atoms with Gasteiger partial charge in [0.15, 0.2) is 5.82 Å². The molecule has 0 aromatic carbocycles. The van der Waals surface area contributed by atoms with Crippen LogP contribution in [0.4, 0.5) is 10.2 Å². The first-order valence-corrected chi connectivity index (χ1v) is 5.54. The van der Waals surface area contributed by atoms with Crippen LogP contribution in [0.1, 0.15) is 31.7 Å². The third kappa shape index (κ3) is 1.35. The van der Waals surface area contributed by atoms with Crippen molar-refractivity contribution in [2.45, 2.75) is 31.7 Å². The van der Waals surface area contributed by atoms with E-state index in [1.165, 1.54) is 18.9 Å². The number of rotatable bonds is 1. The Morgan fingerprint density at radius 1 is 1.38 bits per heavy atom. The second kappa shape index (κ2) is 3.43. The molecule has 0 spiro atoms. The van der Waals surface area contributed by atoms with Gasteiger partial charge in [0, 0.05) is 12.1 Å². The summed E-state index contributed by atoms with van der Waals surface area (Å²) in [6, 6.07) is 1.85. The molecular formula is C11H13FN4. The van der Waals surface area contributed by atoms with Gasteiger partial charge in [0.25, 0.3) is 0 Å². The Bertz CT molecular complexity index is 528. The topological polar surface area (TPSA) is 56.7 Å². The first-order chi connectivity index (χ1) is 7.75. The highest BCUT2D eigenvalue weighted by Gasteiger charge is 2.20. The minimum atomic E-state index is -0.537. The highest BCUT2D eigenvalue weighted by Crippen LogP contribution is 2.32. The number of halogens is 1. The van der Waals surface area contributed by atoms with Crippen LogP contribution in [0.5, 0.6) is 0 Å². The first-order valence-electron chi connectivity index (χ1n) is 5.54. The van der Waals surface area contributed by atoms with Gasteiger partial charge < -0.3 is 10.3 Å². The maximum Gasteiger partial charge on any atom is 0.217 e. The number of imidazole rings is 1. The number of nitrogens with two attached hydrogens (primary N) is 1. The Kier molecular flexibility index (Phi) is 2.05. The SMILES string of the molecule is Nc1nc(F)cc2c1ncn2C1CCCC1. The summed E-state index contributed by atoms with van der Waals surface area (Å²) in [5, 5.41) is 0. The Morgan fingerprint density at radius 2 is 2.12 bits per heavy atom. The zero-order chi connectivity index (χ0) is 11.1. The number of nitrogen functional groups attached to an aromatic ring is 1. The minimum Gasteiger partial charge on any atom is -0.382 e. The van der Waals surface area contributed by atoms with Crippen LogP contribution in [0.25, 0.3) is 11.0 Å². The Morgan fingerprint density at radius 3 is 2.88 bits per heavy atom. The van der Waals surface area contributed by atoms with Crippen LogP contribution in [-0.2, 0) is 0 Å². The molecule has 2 heterocycles. The van der Waals surface area contributed by atoms with Gasteiger partial charge in [0.05, 0.1) is 11.8 Å². The molecular weight excluding hydrogens is 207 g/mol. The third-order valence-electron chi connectivity index (χ3n) is 3.28. The predicted octanol–water partition coefficient (Wildman–Crippen LogP) is 2.27. The van der Waals surface area contributed by atoms with Crippen LogP contribution in [0, 0.1) is 5.95 Å². The highest BCUT2D eigenvalue weighted by atomic mass is 19.1. The van der Waals surface area contributed by atoms with Crippen molar-refractivity contribution in [1.29, 1.82) is 0 Å². The average Bonchev–Trinajstić information content (AvgIpc) is 2.83. The predicted molar refractivity (Wildman–Crippen MR) is 59.4 cm³/mol. The van der Waals surface area contributed by atoms with Gasteiger partial charge >= 0.3 is 0 Å². The lowest BCUT2D eigenvalue weighted by Crippen LogP contribution is -2.03. The molecule has 3 rings (SSSR count). The molecule has 1 fully saturated rings. The summed E-state index contributed by atoms with van der Waals surface area (Å²) < 4.78 is 15.2. The molecule has 1 saturated carbocycles. The van der Waals surface area contributed by atoms with Crippen LogP contribution < -0.4 is 5.73 Å². The number of aromatic nitrogens is 3. The maximum absolute atomic E-state index is 13.2. The van der Waals surface area contributed by atoms with Crippen molar-refractivity contribution in [2.24, 2.45) is 0 Å². The van der Waals surface area contributed by atoms with E-state index in [0.717, 1.165) is 18.4 Å². The molecule has 0 amide bonds. The lowest BCUT2D eigenvalue weighted by atomic mass is 10.2. The first kappa shape index (κ1) is 9.57. The van der Waals surface area contributed by atoms with Gasteiger partial charge in [-0.15, -0.1) is 0 Å². The van der Waals surface area contributed by atoms with Gasteiger partial charge in [-0.05, 0) is 12.8 Å². The summed E-state index contributed by atoms with van der Waals surface area (Å²) in [5.41, 5.74) is 7.01. The highest BCUT2D eigenvalue weighted by molar-refractivity contribution is 5.84. The smallest absolute Gasteiger partial charge is 0.217 e. The van der Waals surface area contributed by atoms with E-state index in [-0.39, 0.29) is 5.82 Å². The Balaban J connectivity index is 2.18. The second-order valence-corrected chi connectivity index (χ2v) is 4.29. The second-order valence-electron chi connectivity index (χ2n) is 4.29. The fraction of sp³-hybridized carbons (Fsp3) is 0.455. The maximum atomic E-state index is 13.2. The number of fused-ring (bicyclic) bond motifs is 1. The molecule has 0 unspecified atom stereocenters. The molecule has 2 aromatic heterocycles. The molecule has 4 nitrogen and oxygen atoms in total. The molecule has 0 saturated heterocycles. The number of hydrogen-bond donors (Lipinski definition) is 1. The van der Waals surface area contributed by atoms with Gasteiger partial charge in [-0.2, -0.15) is 4.39 Å². The summed E-state index contributed by atoms with van der Waals surface area (Å²) in [6.45, 7) is 0. The molecule has 2 N–H and O–H groups in total. The third-order valence-corrected chi connectivity index (χ3v) is 3.28. The minimum absolute atomic E-state index is 0.173. The van der Waals surface area contributed by atoms with Gasteiger partial charge in [0.1, 0.15) is 5.52 Å². The van der Waals surface area contributed by atoms with E-state index in [1.54, 1.807) is 6.33 Å². The zero-order valence-electron chi connectivity index (χ0n) is 8.86. The Labute approximate surface area is 92.3 Å². The quantitative estimate of drug-likeness (QED) is 0.750. The van der Waals surface area contributed by atoms with E-state index >= 15 is 0 Å². The fourth-order valence-corrected chi connectivity index (χ4v) is 2.50. The summed E-state index contributed by atoms with van der Waals surface area (Å²) in [6.07, 6.45) is 6.48. The molecule has 16 heavy (non-hydrogen) atoms. The van der Waals surface area contributed by atoms with Crippen molar-refractivity contribution in [1.82, 2.24) is 14.5 Å². The molecule has 5 heteroatoms. The molecule has 0 radical (unpaired) electrons. The largest absolute Gasteiger partial charge is 0.382 e. The van der Waals surface area contributed by atoms with E-state index in [2.05, 4.69) is 9.97 Å². The van der Waals surface area contributed by atoms with Crippen LogP contribution in [-0.4, -0.2) is 14.5 Å².